The van der Waals surface area contributed by atoms with Gasteiger partial charge in [0, 0.05) is 17.2 Å². The topological polar surface area (TPSA) is 69.0 Å². The standard InChI is InChI=1S/C25H27F3N4O2/c1-16(2)15-34-24-30-22(17-7-9-19(10-8-17)25(26,27)28)32(31-24)21-13-11-20(12-14-21)29-23(33)18-5-3-4-6-18/h7-14,16,18H,3-6,15H2,1-2H3,(H,29,33). The van der Waals surface area contributed by atoms with Crippen LogP contribution in [0.2, 0.25) is 0 Å². The van der Waals surface area contributed by atoms with Gasteiger partial charge < -0.3 is 10.1 Å². The molecule has 1 aliphatic rings. The molecule has 1 aliphatic carbocycles. The number of amides is 1. The molecule has 1 saturated carbocycles. The molecule has 1 amide bonds. The van der Waals surface area contributed by atoms with Crippen LogP contribution in [-0.2, 0) is 11.0 Å². The van der Waals surface area contributed by atoms with Crippen molar-refractivity contribution in [3.63, 3.8) is 0 Å². The molecule has 0 bridgehead atoms. The molecule has 34 heavy (non-hydrogen) atoms. The Morgan fingerprint density at radius 2 is 1.74 bits per heavy atom. The summed E-state index contributed by atoms with van der Waals surface area (Å²) in [6.07, 6.45) is -0.429. The van der Waals surface area contributed by atoms with Gasteiger partial charge in [-0.05, 0) is 55.2 Å². The molecule has 1 N–H and O–H groups in total. The van der Waals surface area contributed by atoms with Crippen LogP contribution in [0.4, 0.5) is 18.9 Å². The summed E-state index contributed by atoms with van der Waals surface area (Å²) < 4.78 is 46.2. The molecule has 180 valence electrons. The van der Waals surface area contributed by atoms with Gasteiger partial charge in [0.05, 0.1) is 17.9 Å². The van der Waals surface area contributed by atoms with E-state index < -0.39 is 11.7 Å². The lowest BCUT2D eigenvalue weighted by Gasteiger charge is -2.11. The van der Waals surface area contributed by atoms with Gasteiger partial charge in [-0.25, -0.2) is 4.68 Å². The number of carbonyl (C=O) groups excluding carboxylic acids is 1. The number of nitrogens with one attached hydrogen (secondary N) is 1. The largest absolute Gasteiger partial charge is 0.462 e. The van der Waals surface area contributed by atoms with E-state index in [-0.39, 0.29) is 23.8 Å². The van der Waals surface area contributed by atoms with Crippen LogP contribution in [0.15, 0.2) is 48.5 Å². The summed E-state index contributed by atoms with van der Waals surface area (Å²) in [6, 6.07) is 12.0. The minimum absolute atomic E-state index is 0.0285. The van der Waals surface area contributed by atoms with Crippen molar-refractivity contribution in [1.29, 1.82) is 0 Å². The fourth-order valence-corrected chi connectivity index (χ4v) is 3.89. The van der Waals surface area contributed by atoms with E-state index in [2.05, 4.69) is 15.4 Å². The number of hydrogen-bond acceptors (Lipinski definition) is 4. The van der Waals surface area contributed by atoms with Crippen molar-refractivity contribution in [2.45, 2.75) is 45.7 Å². The minimum atomic E-state index is -4.42. The van der Waals surface area contributed by atoms with Crippen molar-refractivity contribution in [1.82, 2.24) is 14.8 Å². The molecule has 1 fully saturated rings. The van der Waals surface area contributed by atoms with E-state index in [1.165, 1.54) is 16.8 Å². The molecule has 0 aliphatic heterocycles. The number of benzene rings is 2. The maximum Gasteiger partial charge on any atom is 0.416 e. The van der Waals surface area contributed by atoms with Gasteiger partial charge in [-0.1, -0.05) is 38.8 Å². The van der Waals surface area contributed by atoms with Gasteiger partial charge in [-0.2, -0.15) is 18.2 Å². The normalized spacial score (nSPS) is 14.5. The molecule has 2 aromatic carbocycles. The highest BCUT2D eigenvalue weighted by Gasteiger charge is 2.30. The van der Waals surface area contributed by atoms with E-state index in [0.29, 0.717) is 29.4 Å². The second kappa shape index (κ2) is 9.87. The Kier molecular flexibility index (Phi) is 6.90. The summed E-state index contributed by atoms with van der Waals surface area (Å²) in [6.45, 7) is 4.39. The highest BCUT2D eigenvalue weighted by molar-refractivity contribution is 5.92. The first-order valence-electron chi connectivity index (χ1n) is 11.4. The van der Waals surface area contributed by atoms with Gasteiger partial charge >= 0.3 is 12.2 Å². The highest BCUT2D eigenvalue weighted by Crippen LogP contribution is 2.32. The Hall–Kier alpha value is -3.36. The van der Waals surface area contributed by atoms with Crippen LogP contribution >= 0.6 is 0 Å². The molecule has 6 nitrogen and oxygen atoms in total. The van der Waals surface area contributed by atoms with Crippen molar-refractivity contribution in [3.05, 3.63) is 54.1 Å². The molecular weight excluding hydrogens is 445 g/mol. The summed E-state index contributed by atoms with van der Waals surface area (Å²) in [4.78, 5) is 16.8. The van der Waals surface area contributed by atoms with Crippen LogP contribution in [0.25, 0.3) is 17.1 Å². The predicted octanol–water partition coefficient (Wildman–Crippen LogP) is 6.12. The Labute approximate surface area is 196 Å². The molecule has 9 heteroatoms. The number of hydrogen-bond donors (Lipinski definition) is 1. The van der Waals surface area contributed by atoms with Gasteiger partial charge in [0.15, 0.2) is 5.82 Å². The molecule has 0 atom stereocenters. The quantitative estimate of drug-likeness (QED) is 0.450. The SMILES string of the molecule is CC(C)COc1nc(-c2ccc(C(F)(F)F)cc2)n(-c2ccc(NC(=O)C3CCCC3)cc2)n1. The summed E-state index contributed by atoms with van der Waals surface area (Å²) in [5, 5.41) is 7.38. The zero-order valence-corrected chi connectivity index (χ0v) is 19.1. The number of nitrogens with zero attached hydrogens (tertiary/aromatic N) is 3. The average molecular weight is 473 g/mol. The first-order valence-corrected chi connectivity index (χ1v) is 11.4. The van der Waals surface area contributed by atoms with E-state index >= 15 is 0 Å². The van der Waals surface area contributed by atoms with Gasteiger partial charge in [0.2, 0.25) is 5.91 Å². The lowest BCUT2D eigenvalue weighted by Crippen LogP contribution is -2.20. The Morgan fingerprint density at radius 1 is 1.09 bits per heavy atom. The number of anilines is 1. The summed E-state index contributed by atoms with van der Waals surface area (Å²) >= 11 is 0. The number of halogens is 3. The van der Waals surface area contributed by atoms with Crippen LogP contribution in [-0.4, -0.2) is 27.3 Å². The first kappa shape index (κ1) is 23.8. The van der Waals surface area contributed by atoms with Crippen molar-refractivity contribution >= 4 is 11.6 Å². The molecule has 0 saturated heterocycles. The smallest absolute Gasteiger partial charge is 0.416 e. The zero-order valence-electron chi connectivity index (χ0n) is 19.1. The third-order valence-corrected chi connectivity index (χ3v) is 5.71. The van der Waals surface area contributed by atoms with Crippen LogP contribution in [0.5, 0.6) is 6.01 Å². The van der Waals surface area contributed by atoms with Crippen LogP contribution < -0.4 is 10.1 Å². The number of alkyl halides is 3. The van der Waals surface area contributed by atoms with E-state index in [1.54, 1.807) is 24.3 Å². The van der Waals surface area contributed by atoms with Gasteiger partial charge in [-0.3, -0.25) is 4.79 Å². The molecule has 1 heterocycles. The molecule has 0 spiro atoms. The second-order valence-corrected chi connectivity index (χ2v) is 8.93. The molecule has 1 aromatic heterocycles. The fraction of sp³-hybridized carbons (Fsp3) is 0.400. The minimum Gasteiger partial charge on any atom is -0.462 e. The lowest BCUT2D eigenvalue weighted by atomic mass is 10.1. The maximum atomic E-state index is 13.0. The maximum absolute atomic E-state index is 13.0. The average Bonchev–Trinajstić information content (AvgIpc) is 3.48. The Bertz CT molecular complexity index is 1120. The Morgan fingerprint density at radius 3 is 2.32 bits per heavy atom. The van der Waals surface area contributed by atoms with E-state index in [9.17, 15) is 18.0 Å². The molecule has 4 rings (SSSR count). The van der Waals surface area contributed by atoms with Gasteiger partial charge in [0.1, 0.15) is 0 Å². The van der Waals surface area contributed by atoms with E-state index in [1.807, 2.05) is 13.8 Å². The molecule has 0 unspecified atom stereocenters. The Balaban J connectivity index is 1.61. The summed E-state index contributed by atoms with van der Waals surface area (Å²) in [5.41, 5.74) is 1.05. The highest BCUT2D eigenvalue weighted by atomic mass is 19.4. The molecular formula is C25H27F3N4O2. The van der Waals surface area contributed by atoms with Gasteiger partial charge in [0.25, 0.3) is 0 Å². The summed E-state index contributed by atoms with van der Waals surface area (Å²) in [5.74, 6) is 0.696. The van der Waals surface area contributed by atoms with Crippen LogP contribution in [0.1, 0.15) is 45.1 Å². The number of ether oxygens (including phenoxy) is 1. The fourth-order valence-electron chi connectivity index (χ4n) is 3.89. The van der Waals surface area contributed by atoms with Crippen LogP contribution in [0.3, 0.4) is 0 Å². The third-order valence-electron chi connectivity index (χ3n) is 5.71. The van der Waals surface area contributed by atoms with E-state index in [4.69, 9.17) is 4.74 Å². The predicted molar refractivity (Wildman–Crippen MR) is 123 cm³/mol. The van der Waals surface area contributed by atoms with Crippen molar-refractivity contribution < 1.29 is 22.7 Å². The lowest BCUT2D eigenvalue weighted by molar-refractivity contribution is -0.137. The first-order chi connectivity index (χ1) is 16.2. The molecule has 0 radical (unpaired) electrons. The third kappa shape index (κ3) is 5.58. The number of aromatic nitrogens is 3. The second-order valence-electron chi connectivity index (χ2n) is 8.93. The van der Waals surface area contributed by atoms with Crippen molar-refractivity contribution in [2.24, 2.45) is 11.8 Å². The van der Waals surface area contributed by atoms with Crippen molar-refractivity contribution in [2.75, 3.05) is 11.9 Å². The monoisotopic (exact) mass is 472 g/mol. The van der Waals surface area contributed by atoms with E-state index in [0.717, 1.165) is 37.8 Å². The van der Waals surface area contributed by atoms with Crippen molar-refractivity contribution in [3.8, 4) is 23.1 Å². The van der Waals surface area contributed by atoms with Crippen LogP contribution in [0, 0.1) is 11.8 Å². The molecule has 3 aromatic rings. The summed E-state index contributed by atoms with van der Waals surface area (Å²) in [7, 11) is 0. The number of rotatable bonds is 7. The number of carbonyl (C=O) groups is 1. The zero-order chi connectivity index (χ0) is 24.3. The van der Waals surface area contributed by atoms with Gasteiger partial charge in [-0.15, -0.1) is 5.10 Å².